The molecule has 2 aromatic rings. The minimum Gasteiger partial charge on any atom is -0.506 e. The molecule has 0 aliphatic heterocycles. The Hall–Kier alpha value is -2.63. The highest BCUT2D eigenvalue weighted by molar-refractivity contribution is 6.03. The van der Waals surface area contributed by atoms with E-state index in [1.54, 1.807) is 0 Å². The maximum atomic E-state index is 12.0. The molecule has 0 aliphatic rings. The molecular formula is C13H14N4O2. The number of phenolic OH excluding ortho intramolecular Hbond substituents is 1. The number of hydrogen-bond donors (Lipinski definition) is 3. The van der Waals surface area contributed by atoms with Crippen molar-refractivity contribution in [2.24, 2.45) is 0 Å². The first-order valence-corrected chi connectivity index (χ1v) is 5.68. The van der Waals surface area contributed by atoms with Gasteiger partial charge in [0.25, 0.3) is 5.91 Å². The number of rotatable bonds is 2. The van der Waals surface area contributed by atoms with Crippen molar-refractivity contribution in [3.8, 4) is 5.75 Å². The number of amides is 1. The first-order valence-electron chi connectivity index (χ1n) is 5.68. The summed E-state index contributed by atoms with van der Waals surface area (Å²) < 4.78 is 0. The lowest BCUT2D eigenvalue weighted by atomic mass is 10.2. The molecule has 1 aromatic carbocycles. The molecule has 0 saturated heterocycles. The van der Waals surface area contributed by atoms with Crippen molar-refractivity contribution >= 4 is 17.5 Å². The highest BCUT2D eigenvalue weighted by Crippen LogP contribution is 2.21. The summed E-state index contributed by atoms with van der Waals surface area (Å²) in [6.07, 6.45) is 0. The molecule has 1 amide bonds. The van der Waals surface area contributed by atoms with Gasteiger partial charge in [0.05, 0.1) is 5.69 Å². The van der Waals surface area contributed by atoms with E-state index in [0.717, 1.165) is 11.4 Å². The standard InChI is InChI=1S/C13H14N4O2/c1-7-5-8(2)16-13(15-7)17-12(19)9-3-4-10(14)11(18)6-9/h3-6,18H,14H2,1-2H3,(H,15,16,17,19). The van der Waals surface area contributed by atoms with E-state index in [-0.39, 0.29) is 22.9 Å². The van der Waals surface area contributed by atoms with Crippen LogP contribution in [0.4, 0.5) is 11.6 Å². The molecular weight excluding hydrogens is 244 g/mol. The first kappa shape index (κ1) is 12.8. The van der Waals surface area contributed by atoms with Gasteiger partial charge in [0.2, 0.25) is 5.95 Å². The summed E-state index contributed by atoms with van der Waals surface area (Å²) in [5.74, 6) is -0.298. The van der Waals surface area contributed by atoms with Gasteiger partial charge >= 0.3 is 0 Å². The third-order valence-electron chi connectivity index (χ3n) is 2.50. The fraction of sp³-hybridized carbons (Fsp3) is 0.154. The molecule has 0 aliphatic carbocycles. The van der Waals surface area contributed by atoms with Crippen molar-refractivity contribution in [2.75, 3.05) is 11.1 Å². The summed E-state index contributed by atoms with van der Waals surface area (Å²) in [6, 6.07) is 6.09. The molecule has 19 heavy (non-hydrogen) atoms. The van der Waals surface area contributed by atoms with Crippen molar-refractivity contribution < 1.29 is 9.90 Å². The van der Waals surface area contributed by atoms with Crippen LogP contribution >= 0.6 is 0 Å². The van der Waals surface area contributed by atoms with E-state index in [4.69, 9.17) is 5.73 Å². The molecule has 0 bridgehead atoms. The number of nitrogens with zero attached hydrogens (tertiary/aromatic N) is 2. The average Bonchev–Trinajstić information content (AvgIpc) is 2.31. The van der Waals surface area contributed by atoms with Gasteiger partial charge in [0.1, 0.15) is 5.75 Å². The van der Waals surface area contributed by atoms with Crippen LogP contribution in [0.2, 0.25) is 0 Å². The van der Waals surface area contributed by atoms with E-state index in [2.05, 4.69) is 15.3 Å². The van der Waals surface area contributed by atoms with E-state index in [1.165, 1.54) is 18.2 Å². The van der Waals surface area contributed by atoms with Crippen LogP contribution < -0.4 is 11.1 Å². The van der Waals surface area contributed by atoms with Crippen LogP contribution in [-0.2, 0) is 0 Å². The van der Waals surface area contributed by atoms with Crippen LogP contribution in [0.15, 0.2) is 24.3 Å². The molecule has 0 atom stereocenters. The van der Waals surface area contributed by atoms with Crippen molar-refractivity contribution in [3.63, 3.8) is 0 Å². The van der Waals surface area contributed by atoms with Gasteiger partial charge in [0.15, 0.2) is 0 Å². The number of benzene rings is 1. The summed E-state index contributed by atoms with van der Waals surface area (Å²) in [5.41, 5.74) is 7.52. The van der Waals surface area contributed by atoms with Crippen LogP contribution in [-0.4, -0.2) is 21.0 Å². The van der Waals surface area contributed by atoms with Crippen LogP contribution in [0.1, 0.15) is 21.7 Å². The van der Waals surface area contributed by atoms with E-state index < -0.39 is 5.91 Å². The second-order valence-electron chi connectivity index (χ2n) is 4.20. The zero-order valence-electron chi connectivity index (χ0n) is 10.6. The monoisotopic (exact) mass is 258 g/mol. The SMILES string of the molecule is Cc1cc(C)nc(NC(=O)c2ccc(N)c(O)c2)n1. The number of nitrogen functional groups attached to an aromatic ring is 1. The fourth-order valence-electron chi connectivity index (χ4n) is 1.64. The molecule has 0 unspecified atom stereocenters. The largest absolute Gasteiger partial charge is 0.506 e. The summed E-state index contributed by atoms with van der Waals surface area (Å²) in [6.45, 7) is 3.64. The van der Waals surface area contributed by atoms with Crippen molar-refractivity contribution in [1.82, 2.24) is 9.97 Å². The van der Waals surface area contributed by atoms with E-state index >= 15 is 0 Å². The fourth-order valence-corrected chi connectivity index (χ4v) is 1.64. The number of hydrogen-bond acceptors (Lipinski definition) is 5. The topological polar surface area (TPSA) is 101 Å². The quantitative estimate of drug-likeness (QED) is 0.561. The number of aromatic nitrogens is 2. The highest BCUT2D eigenvalue weighted by Gasteiger charge is 2.10. The average molecular weight is 258 g/mol. The molecule has 1 aromatic heterocycles. The number of carbonyl (C=O) groups is 1. The molecule has 0 spiro atoms. The Labute approximate surface area is 110 Å². The molecule has 4 N–H and O–H groups in total. The Bertz CT molecular complexity index is 620. The normalized spacial score (nSPS) is 10.2. The number of aryl methyl sites for hydroxylation is 2. The van der Waals surface area contributed by atoms with Crippen LogP contribution in [0, 0.1) is 13.8 Å². The Morgan fingerprint density at radius 1 is 1.21 bits per heavy atom. The highest BCUT2D eigenvalue weighted by atomic mass is 16.3. The van der Waals surface area contributed by atoms with E-state index in [1.807, 2.05) is 19.9 Å². The molecule has 0 fully saturated rings. The Kier molecular flexibility index (Phi) is 3.33. The third-order valence-corrected chi connectivity index (χ3v) is 2.50. The predicted molar refractivity (Wildman–Crippen MR) is 72.0 cm³/mol. The Morgan fingerprint density at radius 3 is 2.42 bits per heavy atom. The first-order chi connectivity index (χ1) is 8.95. The minimum absolute atomic E-state index is 0.131. The van der Waals surface area contributed by atoms with E-state index in [9.17, 15) is 9.90 Å². The number of nitrogens with two attached hydrogens (primary N) is 1. The summed E-state index contributed by atoms with van der Waals surface area (Å²) in [5, 5.41) is 12.0. The lowest BCUT2D eigenvalue weighted by Gasteiger charge is -2.06. The van der Waals surface area contributed by atoms with Gasteiger partial charge in [0, 0.05) is 17.0 Å². The number of nitrogens with one attached hydrogen (secondary N) is 1. The molecule has 0 radical (unpaired) electrons. The number of aromatic hydroxyl groups is 1. The van der Waals surface area contributed by atoms with Crippen molar-refractivity contribution in [1.29, 1.82) is 0 Å². The second-order valence-corrected chi connectivity index (χ2v) is 4.20. The summed E-state index contributed by atoms with van der Waals surface area (Å²) in [4.78, 5) is 20.2. The zero-order valence-corrected chi connectivity index (χ0v) is 10.6. The Morgan fingerprint density at radius 2 is 1.84 bits per heavy atom. The van der Waals surface area contributed by atoms with Gasteiger partial charge in [-0.2, -0.15) is 0 Å². The number of phenols is 1. The maximum Gasteiger partial charge on any atom is 0.258 e. The third kappa shape index (κ3) is 2.98. The summed E-state index contributed by atoms with van der Waals surface area (Å²) in [7, 11) is 0. The van der Waals surface area contributed by atoms with Gasteiger partial charge in [-0.3, -0.25) is 10.1 Å². The lowest BCUT2D eigenvalue weighted by Crippen LogP contribution is -2.15. The lowest BCUT2D eigenvalue weighted by molar-refractivity contribution is 0.102. The molecule has 98 valence electrons. The zero-order chi connectivity index (χ0) is 14.0. The molecule has 0 saturated carbocycles. The van der Waals surface area contributed by atoms with Crippen LogP contribution in [0.5, 0.6) is 5.75 Å². The molecule has 6 heteroatoms. The second kappa shape index (κ2) is 4.93. The van der Waals surface area contributed by atoms with E-state index in [0.29, 0.717) is 0 Å². The maximum absolute atomic E-state index is 12.0. The predicted octanol–water partition coefficient (Wildman–Crippen LogP) is 1.63. The van der Waals surface area contributed by atoms with Crippen LogP contribution in [0.3, 0.4) is 0 Å². The number of anilines is 2. The van der Waals surface area contributed by atoms with Crippen molar-refractivity contribution in [2.45, 2.75) is 13.8 Å². The minimum atomic E-state index is -0.402. The Balaban J connectivity index is 2.22. The summed E-state index contributed by atoms with van der Waals surface area (Å²) >= 11 is 0. The van der Waals surface area contributed by atoms with Gasteiger partial charge in [-0.15, -0.1) is 0 Å². The molecule has 1 heterocycles. The van der Waals surface area contributed by atoms with Gasteiger partial charge in [-0.25, -0.2) is 9.97 Å². The van der Waals surface area contributed by atoms with Gasteiger partial charge < -0.3 is 10.8 Å². The number of carbonyl (C=O) groups excluding carboxylic acids is 1. The smallest absolute Gasteiger partial charge is 0.258 e. The van der Waals surface area contributed by atoms with Crippen molar-refractivity contribution in [3.05, 3.63) is 41.2 Å². The van der Waals surface area contributed by atoms with Crippen LogP contribution in [0.25, 0.3) is 0 Å². The van der Waals surface area contributed by atoms with Gasteiger partial charge in [-0.05, 0) is 38.1 Å². The molecule has 2 rings (SSSR count). The van der Waals surface area contributed by atoms with Gasteiger partial charge in [-0.1, -0.05) is 0 Å². The molecule has 6 nitrogen and oxygen atoms in total.